The monoisotopic (exact) mass is 486 g/mol. The van der Waals surface area contributed by atoms with Gasteiger partial charge in [-0.05, 0) is 47.0 Å². The highest BCUT2D eigenvalue weighted by molar-refractivity contribution is 14.0. The van der Waals surface area contributed by atoms with Crippen molar-refractivity contribution in [3.05, 3.63) is 0 Å². The number of carbonyl (C=O) groups is 1. The molecule has 0 rings (SSSR count). The van der Waals surface area contributed by atoms with Crippen LogP contribution in [0.5, 0.6) is 0 Å². The lowest BCUT2D eigenvalue weighted by Crippen LogP contribution is -2.45. The van der Waals surface area contributed by atoms with Crippen LogP contribution in [0.2, 0.25) is 0 Å². The van der Waals surface area contributed by atoms with Gasteiger partial charge in [0.15, 0.2) is 5.96 Å². The van der Waals surface area contributed by atoms with Crippen LogP contribution in [0.3, 0.4) is 0 Å². The van der Waals surface area contributed by atoms with E-state index in [2.05, 4.69) is 34.8 Å². The molecule has 0 saturated heterocycles. The summed E-state index contributed by atoms with van der Waals surface area (Å²) in [7, 11) is 0. The molecule has 0 aromatic heterocycles. The summed E-state index contributed by atoms with van der Waals surface area (Å²) in [5.74, 6) is 0.993. The van der Waals surface area contributed by atoms with Crippen molar-refractivity contribution in [2.75, 3.05) is 32.8 Å². The Bertz CT molecular complexity index is 398. The van der Waals surface area contributed by atoms with E-state index in [1.807, 2.05) is 34.6 Å². The van der Waals surface area contributed by atoms with Crippen LogP contribution < -0.4 is 16.0 Å². The highest BCUT2D eigenvalue weighted by atomic mass is 127. The molecule has 0 spiro atoms. The fourth-order valence-electron chi connectivity index (χ4n) is 1.94. The molecular weight excluding hydrogens is 447 g/mol. The van der Waals surface area contributed by atoms with Crippen molar-refractivity contribution in [2.24, 2.45) is 10.9 Å². The third-order valence-electron chi connectivity index (χ3n) is 3.26. The van der Waals surface area contributed by atoms with Gasteiger partial charge < -0.3 is 25.4 Å². The molecule has 0 heterocycles. The Morgan fingerprint density at radius 3 is 2.31 bits per heavy atom. The molecular formula is C18H39IN4O3. The van der Waals surface area contributed by atoms with Crippen molar-refractivity contribution < 1.29 is 14.3 Å². The van der Waals surface area contributed by atoms with Crippen molar-refractivity contribution in [1.29, 1.82) is 0 Å². The van der Waals surface area contributed by atoms with E-state index in [1.54, 1.807) is 0 Å². The van der Waals surface area contributed by atoms with Gasteiger partial charge in [-0.25, -0.2) is 4.79 Å². The highest BCUT2D eigenvalue weighted by Gasteiger charge is 2.21. The minimum Gasteiger partial charge on any atom is -0.444 e. The van der Waals surface area contributed by atoms with E-state index in [9.17, 15) is 4.79 Å². The highest BCUT2D eigenvalue weighted by Crippen LogP contribution is 2.09. The van der Waals surface area contributed by atoms with E-state index in [-0.39, 0.29) is 35.9 Å². The van der Waals surface area contributed by atoms with Crippen LogP contribution in [-0.4, -0.2) is 56.5 Å². The van der Waals surface area contributed by atoms with Gasteiger partial charge >= 0.3 is 6.09 Å². The third kappa shape index (κ3) is 15.5. The normalized spacial score (nSPS) is 13.0. The molecule has 1 atom stereocenters. The lowest BCUT2D eigenvalue weighted by molar-refractivity contribution is 0.0493. The predicted molar refractivity (Wildman–Crippen MR) is 119 cm³/mol. The summed E-state index contributed by atoms with van der Waals surface area (Å²) in [5, 5.41) is 9.40. The van der Waals surface area contributed by atoms with Crippen LogP contribution in [-0.2, 0) is 9.47 Å². The molecule has 0 aliphatic heterocycles. The number of alkyl carbamates (subject to hydrolysis) is 1. The molecule has 0 radical (unpaired) electrons. The van der Waals surface area contributed by atoms with E-state index in [4.69, 9.17) is 9.47 Å². The standard InChI is InChI=1S/C18H38N4O3.HI/c1-8-19-16(20-11-10-12-24-9-2)21-13-15(14(3)4)22-17(23)25-18(5,6)7;/h14-15H,8-13H2,1-7H3,(H,22,23)(H2,19,20,21);1H. The minimum atomic E-state index is -0.508. The Morgan fingerprint density at radius 2 is 1.81 bits per heavy atom. The largest absolute Gasteiger partial charge is 0.444 e. The van der Waals surface area contributed by atoms with Crippen LogP contribution in [0.25, 0.3) is 0 Å². The van der Waals surface area contributed by atoms with Gasteiger partial charge in [0.1, 0.15) is 5.60 Å². The van der Waals surface area contributed by atoms with E-state index < -0.39 is 11.7 Å². The van der Waals surface area contributed by atoms with E-state index in [0.29, 0.717) is 6.54 Å². The van der Waals surface area contributed by atoms with Gasteiger partial charge in [-0.2, -0.15) is 0 Å². The van der Waals surface area contributed by atoms with Crippen molar-refractivity contribution in [1.82, 2.24) is 16.0 Å². The van der Waals surface area contributed by atoms with Crippen molar-refractivity contribution in [3.8, 4) is 0 Å². The molecule has 0 fully saturated rings. The number of rotatable bonds is 10. The van der Waals surface area contributed by atoms with Gasteiger partial charge in [-0.3, -0.25) is 4.99 Å². The molecule has 0 aliphatic rings. The zero-order valence-electron chi connectivity index (χ0n) is 17.5. The number of amides is 1. The number of hydrogen-bond donors (Lipinski definition) is 3. The molecule has 3 N–H and O–H groups in total. The number of hydrogen-bond acceptors (Lipinski definition) is 4. The zero-order valence-corrected chi connectivity index (χ0v) is 19.8. The molecule has 156 valence electrons. The van der Waals surface area contributed by atoms with Crippen molar-refractivity contribution in [2.45, 2.75) is 66.5 Å². The Kier molecular flexibility index (Phi) is 16.2. The minimum absolute atomic E-state index is 0. The van der Waals surface area contributed by atoms with Gasteiger partial charge in [-0.1, -0.05) is 13.8 Å². The smallest absolute Gasteiger partial charge is 0.407 e. The lowest BCUT2D eigenvalue weighted by atomic mass is 10.1. The number of ether oxygens (including phenoxy) is 2. The lowest BCUT2D eigenvalue weighted by Gasteiger charge is -2.25. The molecule has 0 aromatic rings. The van der Waals surface area contributed by atoms with Crippen LogP contribution in [0.4, 0.5) is 4.79 Å². The number of guanidine groups is 1. The second-order valence-corrected chi connectivity index (χ2v) is 7.19. The topological polar surface area (TPSA) is 84.0 Å². The fourth-order valence-corrected chi connectivity index (χ4v) is 1.94. The average molecular weight is 486 g/mol. The first kappa shape index (κ1) is 27.4. The number of halogens is 1. The van der Waals surface area contributed by atoms with Gasteiger partial charge in [0.05, 0.1) is 12.6 Å². The number of aliphatic imine (C=N–C) groups is 1. The van der Waals surface area contributed by atoms with Gasteiger partial charge in [0.2, 0.25) is 0 Å². The maximum atomic E-state index is 12.0. The Labute approximate surface area is 176 Å². The molecule has 0 saturated carbocycles. The third-order valence-corrected chi connectivity index (χ3v) is 3.26. The first-order valence-corrected chi connectivity index (χ1v) is 9.29. The summed E-state index contributed by atoms with van der Waals surface area (Å²) < 4.78 is 10.7. The maximum Gasteiger partial charge on any atom is 0.407 e. The Hall–Kier alpha value is -0.770. The molecule has 0 aromatic carbocycles. The summed E-state index contributed by atoms with van der Waals surface area (Å²) in [4.78, 5) is 16.6. The Balaban J connectivity index is 0. The van der Waals surface area contributed by atoms with Crippen molar-refractivity contribution >= 4 is 36.0 Å². The summed E-state index contributed by atoms with van der Waals surface area (Å²) in [6.07, 6.45) is 0.512. The SMILES string of the molecule is CCNC(=NCC(NC(=O)OC(C)(C)C)C(C)C)NCCCOCC.I. The summed E-state index contributed by atoms with van der Waals surface area (Å²) in [5.41, 5.74) is -0.508. The molecule has 1 unspecified atom stereocenters. The van der Waals surface area contributed by atoms with Gasteiger partial charge in [-0.15, -0.1) is 24.0 Å². The molecule has 0 bridgehead atoms. The van der Waals surface area contributed by atoms with E-state index in [0.717, 1.165) is 38.7 Å². The summed E-state index contributed by atoms with van der Waals surface area (Å²) in [6.45, 7) is 17.2. The average Bonchev–Trinajstić information content (AvgIpc) is 2.48. The second kappa shape index (κ2) is 15.3. The van der Waals surface area contributed by atoms with Crippen molar-refractivity contribution in [3.63, 3.8) is 0 Å². The summed E-state index contributed by atoms with van der Waals surface area (Å²) >= 11 is 0. The van der Waals surface area contributed by atoms with Crippen LogP contribution in [0, 0.1) is 5.92 Å². The zero-order chi connectivity index (χ0) is 19.3. The molecule has 7 nitrogen and oxygen atoms in total. The first-order valence-electron chi connectivity index (χ1n) is 9.29. The fraction of sp³-hybridized carbons (Fsp3) is 0.889. The van der Waals surface area contributed by atoms with Gasteiger partial charge in [0.25, 0.3) is 0 Å². The molecule has 26 heavy (non-hydrogen) atoms. The van der Waals surface area contributed by atoms with Crippen LogP contribution in [0.1, 0.15) is 54.9 Å². The molecule has 8 heteroatoms. The molecule has 1 amide bonds. The van der Waals surface area contributed by atoms with Gasteiger partial charge in [0, 0.05) is 26.3 Å². The van der Waals surface area contributed by atoms with Crippen LogP contribution in [0.15, 0.2) is 4.99 Å². The quantitative estimate of drug-likeness (QED) is 0.191. The van der Waals surface area contributed by atoms with E-state index in [1.165, 1.54) is 0 Å². The number of nitrogens with one attached hydrogen (secondary N) is 3. The molecule has 0 aliphatic carbocycles. The number of carbonyl (C=O) groups excluding carboxylic acids is 1. The number of nitrogens with zero attached hydrogens (tertiary/aromatic N) is 1. The van der Waals surface area contributed by atoms with E-state index >= 15 is 0 Å². The summed E-state index contributed by atoms with van der Waals surface area (Å²) in [6, 6.07) is -0.0891. The second-order valence-electron chi connectivity index (χ2n) is 7.19. The predicted octanol–water partition coefficient (Wildman–Crippen LogP) is 3.14. The first-order chi connectivity index (χ1) is 11.7. The van der Waals surface area contributed by atoms with Crippen LogP contribution >= 0.6 is 24.0 Å². The maximum absolute atomic E-state index is 12.0. The Morgan fingerprint density at radius 1 is 1.15 bits per heavy atom.